The van der Waals surface area contributed by atoms with Crippen molar-refractivity contribution in [3.63, 3.8) is 0 Å². The minimum absolute atomic E-state index is 0.0370. The van der Waals surface area contributed by atoms with E-state index in [1.54, 1.807) is 0 Å². The summed E-state index contributed by atoms with van der Waals surface area (Å²) in [6.45, 7) is 0. The third-order valence-corrected chi connectivity index (χ3v) is 5.12. The summed E-state index contributed by atoms with van der Waals surface area (Å²) >= 11 is 0. The van der Waals surface area contributed by atoms with Crippen LogP contribution in [0.4, 0.5) is 0 Å². The van der Waals surface area contributed by atoms with Gasteiger partial charge in [-0.3, -0.25) is 4.99 Å². The Morgan fingerprint density at radius 1 is 1.50 bits per heavy atom. The van der Waals surface area contributed by atoms with Crippen molar-refractivity contribution in [2.24, 2.45) is 4.99 Å². The van der Waals surface area contributed by atoms with Crippen molar-refractivity contribution in [2.75, 3.05) is 5.75 Å². The number of hydrogen-bond donors (Lipinski definition) is 0. The Kier molecular flexibility index (Phi) is 1.55. The average Bonchev–Trinajstić information content (AvgIpc) is 2.32. The van der Waals surface area contributed by atoms with E-state index < -0.39 is 20.6 Å². The molecule has 0 aromatic heterocycles. The van der Waals surface area contributed by atoms with E-state index in [-0.39, 0.29) is 9.99 Å². The molecule has 0 aliphatic carbocycles. The number of sulfone groups is 1. The van der Waals surface area contributed by atoms with E-state index in [9.17, 15) is 12.6 Å². The number of aliphatic imine (C=N–C) groups is 1. The molecule has 2 aliphatic heterocycles. The quantitative estimate of drug-likeness (QED) is 0.553. The van der Waals surface area contributed by atoms with E-state index in [1.807, 2.05) is 0 Å². The van der Waals surface area contributed by atoms with Crippen LogP contribution in [0.15, 0.2) is 26.4 Å². The van der Waals surface area contributed by atoms with Gasteiger partial charge in [0.25, 0.3) is 0 Å². The van der Waals surface area contributed by atoms with Crippen molar-refractivity contribution >= 4 is 26.9 Å². The lowest BCUT2D eigenvalue weighted by Crippen LogP contribution is -2.16. The molecule has 0 radical (unpaired) electrons. The third kappa shape index (κ3) is 0.987. The molecule has 0 bridgehead atoms. The lowest BCUT2D eigenvalue weighted by molar-refractivity contribution is 0.607. The fourth-order valence-corrected chi connectivity index (χ4v) is 3.99. The van der Waals surface area contributed by atoms with Crippen LogP contribution in [-0.4, -0.2) is 24.6 Å². The van der Waals surface area contributed by atoms with Gasteiger partial charge in [-0.1, -0.05) is 0 Å². The molecule has 0 spiro atoms. The van der Waals surface area contributed by atoms with Crippen molar-refractivity contribution in [1.82, 2.24) is 0 Å². The van der Waals surface area contributed by atoms with Crippen LogP contribution in [0.2, 0.25) is 0 Å². The Hall–Kier alpha value is -0.750. The molecule has 2 rings (SSSR count). The highest BCUT2D eigenvalue weighted by Crippen LogP contribution is 2.28. The van der Waals surface area contributed by atoms with E-state index in [1.165, 1.54) is 17.7 Å². The van der Waals surface area contributed by atoms with Crippen molar-refractivity contribution in [3.05, 3.63) is 21.4 Å². The number of hydrogen-bond acceptors (Lipinski definition) is 4. The molecule has 0 saturated heterocycles. The van der Waals surface area contributed by atoms with Gasteiger partial charge in [-0.15, -0.1) is 0 Å². The monoisotopic (exact) mass is 203 g/mol. The zero-order valence-corrected chi connectivity index (χ0v) is 7.56. The Bertz CT molecular complexity index is 441. The number of rotatable bonds is 0. The summed E-state index contributed by atoms with van der Waals surface area (Å²) in [6, 6.07) is 0. The van der Waals surface area contributed by atoms with Gasteiger partial charge in [0.2, 0.25) is 0 Å². The first-order valence-electron chi connectivity index (χ1n) is 3.19. The topological polar surface area (TPSA) is 63.6 Å². The molecule has 0 N–H and O–H groups in total. The number of allylic oxidation sites excluding steroid dienone is 1. The fourth-order valence-electron chi connectivity index (χ4n) is 1.05. The maximum atomic E-state index is 11.3. The van der Waals surface area contributed by atoms with Gasteiger partial charge in [0, 0.05) is 11.6 Å². The molecule has 12 heavy (non-hydrogen) atoms. The van der Waals surface area contributed by atoms with Gasteiger partial charge >= 0.3 is 0 Å². The summed E-state index contributed by atoms with van der Waals surface area (Å²) in [6.07, 6.45) is 2.79. The summed E-state index contributed by atoms with van der Waals surface area (Å²) < 4.78 is 33.7. The molecular formula is C6H5NO3S2. The molecule has 0 amide bonds. The maximum absolute atomic E-state index is 11.3. The molecule has 0 aromatic carbocycles. The van der Waals surface area contributed by atoms with Gasteiger partial charge < -0.3 is 0 Å². The summed E-state index contributed by atoms with van der Waals surface area (Å²) in [5.41, 5.74) is 0.319. The van der Waals surface area contributed by atoms with Gasteiger partial charge in [0.1, 0.15) is 0 Å². The Morgan fingerprint density at radius 2 is 2.25 bits per heavy atom. The van der Waals surface area contributed by atoms with E-state index >= 15 is 0 Å². The van der Waals surface area contributed by atoms with Gasteiger partial charge in [0.05, 0.1) is 22.2 Å². The molecule has 0 aromatic rings. The molecule has 1 unspecified atom stereocenters. The van der Waals surface area contributed by atoms with E-state index in [0.29, 0.717) is 5.70 Å². The van der Waals surface area contributed by atoms with Crippen LogP contribution in [-0.2, 0) is 20.6 Å². The fraction of sp³-hybridized carbons (Fsp3) is 0.167. The van der Waals surface area contributed by atoms with Crippen LogP contribution in [0.25, 0.3) is 0 Å². The molecule has 2 heterocycles. The average molecular weight is 203 g/mol. The van der Waals surface area contributed by atoms with E-state index in [4.69, 9.17) is 0 Å². The normalized spacial score (nSPS) is 30.8. The second-order valence-corrected chi connectivity index (χ2v) is 5.87. The highest BCUT2D eigenvalue weighted by atomic mass is 32.3. The molecule has 64 valence electrons. The first-order valence-corrected chi connectivity index (χ1v) is 6.06. The van der Waals surface area contributed by atoms with Crippen molar-refractivity contribution in [3.8, 4) is 0 Å². The smallest absolute Gasteiger partial charge is 0.194 e. The van der Waals surface area contributed by atoms with Crippen LogP contribution in [0, 0.1) is 0 Å². The molecule has 0 fully saturated rings. The Labute approximate surface area is 72.1 Å². The van der Waals surface area contributed by atoms with Crippen molar-refractivity contribution < 1.29 is 12.6 Å². The van der Waals surface area contributed by atoms with Crippen LogP contribution in [0.1, 0.15) is 0 Å². The van der Waals surface area contributed by atoms with Crippen LogP contribution in [0.3, 0.4) is 0 Å². The van der Waals surface area contributed by atoms with Crippen LogP contribution in [0.5, 0.6) is 0 Å². The third-order valence-electron chi connectivity index (χ3n) is 1.55. The second-order valence-electron chi connectivity index (χ2n) is 2.37. The Morgan fingerprint density at radius 3 is 2.92 bits per heavy atom. The zero-order chi connectivity index (χ0) is 8.77. The summed E-state index contributed by atoms with van der Waals surface area (Å²) in [5.74, 6) is -0.140. The molecule has 6 heteroatoms. The first kappa shape index (κ1) is 7.88. The SMILES string of the molecule is O=S1C=CC2=C1S(=O)(=O)CC=N2. The number of nitrogens with zero attached hydrogens (tertiary/aromatic N) is 1. The predicted molar refractivity (Wildman–Crippen MR) is 46.6 cm³/mol. The van der Waals surface area contributed by atoms with Crippen molar-refractivity contribution in [2.45, 2.75) is 0 Å². The molecule has 2 aliphatic rings. The minimum Gasteiger partial charge on any atom is -0.258 e. The van der Waals surface area contributed by atoms with Crippen LogP contribution >= 0.6 is 0 Å². The van der Waals surface area contributed by atoms with E-state index in [0.717, 1.165) is 0 Å². The second kappa shape index (κ2) is 2.37. The Balaban J connectivity index is 2.70. The largest absolute Gasteiger partial charge is 0.258 e. The van der Waals surface area contributed by atoms with Crippen LogP contribution < -0.4 is 0 Å². The summed E-state index contributed by atoms with van der Waals surface area (Å²) in [7, 11) is -4.85. The van der Waals surface area contributed by atoms with Gasteiger partial charge in [0.15, 0.2) is 14.1 Å². The first-order chi connectivity index (χ1) is 5.61. The highest BCUT2D eigenvalue weighted by Gasteiger charge is 2.30. The lowest BCUT2D eigenvalue weighted by Gasteiger charge is -2.06. The van der Waals surface area contributed by atoms with E-state index in [2.05, 4.69) is 4.99 Å². The van der Waals surface area contributed by atoms with Crippen molar-refractivity contribution in [1.29, 1.82) is 0 Å². The maximum Gasteiger partial charge on any atom is 0.194 e. The lowest BCUT2D eigenvalue weighted by atomic mass is 10.5. The molecular weight excluding hydrogens is 198 g/mol. The molecule has 0 saturated carbocycles. The van der Waals surface area contributed by atoms with Gasteiger partial charge in [-0.2, -0.15) is 0 Å². The standard InChI is InChI=1S/C6H5NO3S2/c8-11-3-1-5-6(11)12(9,10)4-2-7-5/h1-3H,4H2. The molecule has 1 atom stereocenters. The zero-order valence-electron chi connectivity index (χ0n) is 5.93. The predicted octanol–water partition coefficient (Wildman–Crippen LogP) is -0.0693. The molecule has 4 nitrogen and oxygen atoms in total. The minimum atomic E-state index is -3.34. The summed E-state index contributed by atoms with van der Waals surface area (Å²) in [4.78, 5) is 3.83. The van der Waals surface area contributed by atoms with Gasteiger partial charge in [-0.05, 0) is 6.08 Å². The highest BCUT2D eigenvalue weighted by molar-refractivity contribution is 8.13. The summed E-state index contributed by atoms with van der Waals surface area (Å²) in [5, 5.41) is 1.34. The van der Waals surface area contributed by atoms with Gasteiger partial charge in [-0.25, -0.2) is 12.6 Å².